The number of carbonyl (C=O) groups excluding carboxylic acids is 2. The smallest absolute Gasteiger partial charge is 0.242 e. The Hall–Kier alpha value is -2.47. The highest BCUT2D eigenvalue weighted by Crippen LogP contribution is 2.21. The maximum Gasteiger partial charge on any atom is 0.242 e. The molecule has 0 fully saturated rings. The molecule has 0 aliphatic heterocycles. The number of benzene rings is 2. The summed E-state index contributed by atoms with van der Waals surface area (Å²) in [4.78, 5) is 29.0. The summed E-state index contributed by atoms with van der Waals surface area (Å²) in [6.07, 6.45) is 2.90. The van der Waals surface area contributed by atoms with Crippen LogP contribution >= 0.6 is 11.8 Å². The Bertz CT molecular complexity index is 837. The second kappa shape index (κ2) is 13.8. The van der Waals surface area contributed by atoms with Crippen molar-refractivity contribution in [1.29, 1.82) is 0 Å². The van der Waals surface area contributed by atoms with Crippen molar-refractivity contribution in [3.63, 3.8) is 0 Å². The molecule has 1 N–H and O–H groups in total. The van der Waals surface area contributed by atoms with E-state index in [2.05, 4.69) is 43.4 Å². The predicted octanol–water partition coefficient (Wildman–Crippen LogP) is 5.21. The van der Waals surface area contributed by atoms with Crippen molar-refractivity contribution >= 4 is 23.6 Å². The lowest BCUT2D eigenvalue weighted by molar-refractivity contribution is -0.141. The normalized spacial score (nSPS) is 11.6. The van der Waals surface area contributed by atoms with Crippen molar-refractivity contribution in [3.05, 3.63) is 59.7 Å². The molecule has 2 rings (SSSR count). The van der Waals surface area contributed by atoms with Gasteiger partial charge in [-0.1, -0.05) is 50.1 Å². The maximum atomic E-state index is 13.3. The van der Waals surface area contributed by atoms with E-state index in [1.165, 1.54) is 5.56 Å². The van der Waals surface area contributed by atoms with Crippen molar-refractivity contribution in [3.8, 4) is 5.75 Å². The van der Waals surface area contributed by atoms with Crippen LogP contribution in [-0.4, -0.2) is 42.2 Å². The van der Waals surface area contributed by atoms with Crippen LogP contribution in [0.15, 0.2) is 53.4 Å². The Morgan fingerprint density at radius 2 is 1.75 bits per heavy atom. The quantitative estimate of drug-likeness (QED) is 0.332. The van der Waals surface area contributed by atoms with Crippen LogP contribution < -0.4 is 10.1 Å². The highest BCUT2D eigenvalue weighted by Gasteiger charge is 2.28. The van der Waals surface area contributed by atoms with Crippen molar-refractivity contribution in [1.82, 2.24) is 10.2 Å². The van der Waals surface area contributed by atoms with Crippen LogP contribution in [0.1, 0.15) is 50.7 Å². The first-order chi connectivity index (χ1) is 15.5. The Balaban J connectivity index is 2.09. The van der Waals surface area contributed by atoms with Crippen LogP contribution in [0.5, 0.6) is 5.75 Å². The predicted molar refractivity (Wildman–Crippen MR) is 132 cm³/mol. The standard InChI is InChI=1S/C26H36N2O3S/c1-5-7-17-27-26(30)24(6-2)28(19-21-10-12-22(31-4)13-11-21)25(29)16-18-32-23-14-8-20(3)9-15-23/h8-15,24H,5-7,16-19H2,1-4H3,(H,27,30)/t24-/m1/s1. The number of rotatable bonds is 13. The molecule has 2 amide bonds. The van der Waals surface area contributed by atoms with Crippen molar-refractivity contribution < 1.29 is 14.3 Å². The molecule has 0 heterocycles. The molecule has 2 aromatic rings. The third-order valence-corrected chi connectivity index (χ3v) is 6.35. The highest BCUT2D eigenvalue weighted by molar-refractivity contribution is 7.99. The molecule has 0 saturated heterocycles. The zero-order chi connectivity index (χ0) is 23.3. The number of nitrogens with one attached hydrogen (secondary N) is 1. The van der Waals surface area contributed by atoms with E-state index < -0.39 is 6.04 Å². The third kappa shape index (κ3) is 8.23. The Labute approximate surface area is 196 Å². The number of methoxy groups -OCH3 is 1. The van der Waals surface area contributed by atoms with Gasteiger partial charge in [0.15, 0.2) is 0 Å². The number of ether oxygens (including phenoxy) is 1. The van der Waals surface area contributed by atoms with Crippen LogP contribution in [0.3, 0.4) is 0 Å². The molecule has 0 radical (unpaired) electrons. The summed E-state index contributed by atoms with van der Waals surface area (Å²) in [5, 5.41) is 3.00. The molecule has 0 saturated carbocycles. The second-order valence-corrected chi connectivity index (χ2v) is 9.02. The molecule has 0 aromatic heterocycles. The SMILES string of the molecule is CCCCNC(=O)[C@@H](CC)N(Cc1ccc(OC)cc1)C(=O)CCSc1ccc(C)cc1. The Morgan fingerprint density at radius 1 is 1.06 bits per heavy atom. The molecule has 32 heavy (non-hydrogen) atoms. The van der Waals surface area contributed by atoms with Gasteiger partial charge in [-0.2, -0.15) is 0 Å². The van der Waals surface area contributed by atoms with Gasteiger partial charge in [-0.25, -0.2) is 0 Å². The van der Waals surface area contributed by atoms with Crippen LogP contribution in [0, 0.1) is 6.92 Å². The first-order valence-corrected chi connectivity index (χ1v) is 12.4. The fraction of sp³-hybridized carbons (Fsp3) is 0.462. The Morgan fingerprint density at radius 3 is 2.34 bits per heavy atom. The van der Waals surface area contributed by atoms with E-state index in [0.717, 1.165) is 29.1 Å². The fourth-order valence-corrected chi connectivity index (χ4v) is 4.23. The molecule has 0 unspecified atom stereocenters. The van der Waals surface area contributed by atoms with Gasteiger partial charge in [0, 0.05) is 30.2 Å². The number of nitrogens with zero attached hydrogens (tertiary/aromatic N) is 1. The summed E-state index contributed by atoms with van der Waals surface area (Å²) in [5.74, 6) is 1.37. The van der Waals surface area contributed by atoms with Gasteiger partial charge < -0.3 is 15.0 Å². The summed E-state index contributed by atoms with van der Waals surface area (Å²) in [5.41, 5.74) is 2.20. The molecule has 0 spiro atoms. The van der Waals surface area contributed by atoms with E-state index >= 15 is 0 Å². The molecule has 6 heteroatoms. The molecule has 0 aliphatic rings. The van der Waals surface area contributed by atoms with E-state index in [-0.39, 0.29) is 11.8 Å². The van der Waals surface area contributed by atoms with E-state index in [9.17, 15) is 9.59 Å². The van der Waals surface area contributed by atoms with Crippen LogP contribution in [0.2, 0.25) is 0 Å². The summed E-state index contributed by atoms with van der Waals surface area (Å²) in [6, 6.07) is 15.5. The molecular formula is C26H36N2O3S. The largest absolute Gasteiger partial charge is 0.497 e. The van der Waals surface area contributed by atoms with Gasteiger partial charge in [-0.15, -0.1) is 11.8 Å². The number of thioether (sulfide) groups is 1. The number of amides is 2. The van der Waals surface area contributed by atoms with Crippen LogP contribution in [-0.2, 0) is 16.1 Å². The van der Waals surface area contributed by atoms with Gasteiger partial charge in [-0.3, -0.25) is 9.59 Å². The molecule has 1 atom stereocenters. The van der Waals surface area contributed by atoms with Gasteiger partial charge >= 0.3 is 0 Å². The van der Waals surface area contributed by atoms with Crippen molar-refractivity contribution in [2.45, 2.75) is 63.9 Å². The number of carbonyl (C=O) groups is 2. The molecule has 0 bridgehead atoms. The topological polar surface area (TPSA) is 58.6 Å². The lowest BCUT2D eigenvalue weighted by atomic mass is 10.1. The van der Waals surface area contributed by atoms with E-state index in [0.29, 0.717) is 31.7 Å². The first kappa shape index (κ1) is 25.8. The summed E-state index contributed by atoms with van der Waals surface area (Å²) >= 11 is 1.67. The van der Waals surface area contributed by atoms with E-state index in [1.54, 1.807) is 23.8 Å². The third-order valence-electron chi connectivity index (χ3n) is 5.33. The molecule has 0 aliphatic carbocycles. The average molecular weight is 457 g/mol. The van der Waals surface area contributed by atoms with E-state index in [4.69, 9.17) is 4.74 Å². The zero-order valence-electron chi connectivity index (χ0n) is 19.7. The van der Waals surface area contributed by atoms with Gasteiger partial charge in [0.2, 0.25) is 11.8 Å². The zero-order valence-corrected chi connectivity index (χ0v) is 20.5. The first-order valence-electron chi connectivity index (χ1n) is 11.4. The van der Waals surface area contributed by atoms with Crippen LogP contribution in [0.4, 0.5) is 0 Å². The number of hydrogen-bond donors (Lipinski definition) is 1. The molecule has 174 valence electrons. The summed E-state index contributed by atoms with van der Waals surface area (Å²) < 4.78 is 5.24. The minimum atomic E-state index is -0.481. The summed E-state index contributed by atoms with van der Waals surface area (Å²) in [7, 11) is 1.63. The highest BCUT2D eigenvalue weighted by atomic mass is 32.2. The molecular weight excluding hydrogens is 420 g/mol. The number of unbranched alkanes of at least 4 members (excludes halogenated alkanes) is 1. The van der Waals surface area contributed by atoms with Gasteiger partial charge in [-0.05, 0) is 49.6 Å². The van der Waals surface area contributed by atoms with Gasteiger partial charge in [0.05, 0.1) is 7.11 Å². The monoisotopic (exact) mass is 456 g/mol. The fourth-order valence-electron chi connectivity index (χ4n) is 3.39. The lowest BCUT2D eigenvalue weighted by Gasteiger charge is -2.30. The molecule has 2 aromatic carbocycles. The summed E-state index contributed by atoms with van der Waals surface area (Å²) in [6.45, 7) is 7.15. The maximum absolute atomic E-state index is 13.3. The van der Waals surface area contributed by atoms with Crippen LogP contribution in [0.25, 0.3) is 0 Å². The van der Waals surface area contributed by atoms with Crippen molar-refractivity contribution in [2.24, 2.45) is 0 Å². The Kier molecular flexibility index (Phi) is 11.2. The minimum Gasteiger partial charge on any atom is -0.497 e. The average Bonchev–Trinajstić information content (AvgIpc) is 2.80. The number of aryl methyl sites for hydroxylation is 1. The van der Waals surface area contributed by atoms with Gasteiger partial charge in [0.1, 0.15) is 11.8 Å². The van der Waals surface area contributed by atoms with Gasteiger partial charge in [0.25, 0.3) is 0 Å². The lowest BCUT2D eigenvalue weighted by Crippen LogP contribution is -2.49. The minimum absolute atomic E-state index is 0.00192. The second-order valence-electron chi connectivity index (χ2n) is 7.85. The molecule has 5 nitrogen and oxygen atoms in total. The van der Waals surface area contributed by atoms with E-state index in [1.807, 2.05) is 31.2 Å². The number of hydrogen-bond acceptors (Lipinski definition) is 4. The van der Waals surface area contributed by atoms with Crippen molar-refractivity contribution in [2.75, 3.05) is 19.4 Å².